The van der Waals surface area contributed by atoms with Crippen molar-refractivity contribution in [2.45, 2.75) is 6.04 Å². The van der Waals surface area contributed by atoms with Gasteiger partial charge in [0.1, 0.15) is 0 Å². The van der Waals surface area contributed by atoms with Crippen LogP contribution < -0.4 is 5.32 Å². The monoisotopic (exact) mass is 171 g/mol. The van der Waals surface area contributed by atoms with Crippen molar-refractivity contribution in [3.05, 3.63) is 24.2 Å². The molecule has 1 rings (SSSR count). The fraction of sp³-hybridized carbons (Fsp3) is 0.500. The molecule has 1 N–H and O–H groups in total. The van der Waals surface area contributed by atoms with Crippen LogP contribution in [0.1, 0.15) is 11.6 Å². The van der Waals surface area contributed by atoms with E-state index >= 15 is 0 Å². The van der Waals surface area contributed by atoms with Crippen LogP contribution in [0, 0.1) is 0 Å². The van der Waals surface area contributed by atoms with E-state index in [1.165, 1.54) is 5.56 Å². The van der Waals surface area contributed by atoms with E-state index < -0.39 is 0 Å². The molecule has 0 saturated heterocycles. The molecule has 11 heavy (non-hydrogen) atoms. The van der Waals surface area contributed by atoms with E-state index in [0.717, 1.165) is 5.75 Å². The maximum absolute atomic E-state index is 4.99. The summed E-state index contributed by atoms with van der Waals surface area (Å²) in [5, 5.41) is 3.22. The Morgan fingerprint density at radius 1 is 1.73 bits per heavy atom. The van der Waals surface area contributed by atoms with Gasteiger partial charge in [-0.25, -0.2) is 0 Å². The summed E-state index contributed by atoms with van der Waals surface area (Å²) in [6.45, 7) is 0. The van der Waals surface area contributed by atoms with Gasteiger partial charge >= 0.3 is 0 Å². The number of nitrogens with one attached hydrogen (secondary N) is 1. The number of furan rings is 1. The summed E-state index contributed by atoms with van der Waals surface area (Å²) in [6.07, 6.45) is 5.60. The minimum atomic E-state index is 0.420. The van der Waals surface area contributed by atoms with Crippen molar-refractivity contribution < 1.29 is 4.42 Å². The van der Waals surface area contributed by atoms with Gasteiger partial charge in [0.05, 0.1) is 12.5 Å². The third kappa shape index (κ3) is 2.27. The van der Waals surface area contributed by atoms with Crippen LogP contribution >= 0.6 is 11.8 Å². The number of hydrogen-bond acceptors (Lipinski definition) is 3. The zero-order valence-electron chi connectivity index (χ0n) is 6.83. The minimum absolute atomic E-state index is 0.420. The second kappa shape index (κ2) is 4.46. The molecule has 1 aromatic heterocycles. The summed E-state index contributed by atoms with van der Waals surface area (Å²) in [7, 11) is 1.97. The molecule has 0 radical (unpaired) electrons. The predicted molar refractivity (Wildman–Crippen MR) is 48.9 cm³/mol. The van der Waals surface area contributed by atoms with Gasteiger partial charge in [-0.05, 0) is 19.4 Å². The highest BCUT2D eigenvalue weighted by molar-refractivity contribution is 7.98. The maximum Gasteiger partial charge on any atom is 0.0950 e. The van der Waals surface area contributed by atoms with Gasteiger partial charge in [-0.15, -0.1) is 0 Å². The minimum Gasteiger partial charge on any atom is -0.472 e. The van der Waals surface area contributed by atoms with Crippen molar-refractivity contribution in [1.29, 1.82) is 0 Å². The molecule has 0 aliphatic carbocycles. The third-order valence-electron chi connectivity index (χ3n) is 1.63. The lowest BCUT2D eigenvalue weighted by Gasteiger charge is -2.11. The lowest BCUT2D eigenvalue weighted by Crippen LogP contribution is -2.17. The fourth-order valence-corrected chi connectivity index (χ4v) is 1.68. The van der Waals surface area contributed by atoms with Gasteiger partial charge in [-0.1, -0.05) is 0 Å². The van der Waals surface area contributed by atoms with Crippen molar-refractivity contribution in [2.75, 3.05) is 19.1 Å². The highest BCUT2D eigenvalue weighted by Crippen LogP contribution is 2.16. The average molecular weight is 171 g/mol. The second-order valence-electron chi connectivity index (χ2n) is 2.35. The Kier molecular flexibility index (Phi) is 3.52. The van der Waals surface area contributed by atoms with E-state index in [0.29, 0.717) is 6.04 Å². The number of rotatable bonds is 4. The van der Waals surface area contributed by atoms with E-state index in [1.54, 1.807) is 12.5 Å². The maximum atomic E-state index is 4.99. The molecule has 1 aromatic rings. The van der Waals surface area contributed by atoms with E-state index in [4.69, 9.17) is 4.42 Å². The Hall–Kier alpha value is -0.410. The Bertz CT molecular complexity index is 186. The lowest BCUT2D eigenvalue weighted by atomic mass is 10.2. The zero-order chi connectivity index (χ0) is 8.10. The van der Waals surface area contributed by atoms with Gasteiger partial charge in [0.2, 0.25) is 0 Å². The summed E-state index contributed by atoms with van der Waals surface area (Å²) in [5.41, 5.74) is 1.22. The van der Waals surface area contributed by atoms with Gasteiger partial charge < -0.3 is 9.73 Å². The van der Waals surface area contributed by atoms with Crippen LogP contribution in [-0.2, 0) is 0 Å². The predicted octanol–water partition coefficient (Wildman–Crippen LogP) is 1.90. The van der Waals surface area contributed by atoms with Crippen LogP contribution in [0.5, 0.6) is 0 Å². The number of hydrogen-bond donors (Lipinski definition) is 1. The molecule has 0 aliphatic heterocycles. The largest absolute Gasteiger partial charge is 0.472 e. The molecule has 0 spiro atoms. The third-order valence-corrected chi connectivity index (χ3v) is 2.29. The Morgan fingerprint density at radius 2 is 2.55 bits per heavy atom. The molecule has 2 nitrogen and oxygen atoms in total. The van der Waals surface area contributed by atoms with Gasteiger partial charge in [0.15, 0.2) is 0 Å². The first-order chi connectivity index (χ1) is 5.38. The normalized spacial score (nSPS) is 13.3. The van der Waals surface area contributed by atoms with Crippen LogP contribution in [0.4, 0.5) is 0 Å². The molecule has 1 unspecified atom stereocenters. The number of thioether (sulfide) groups is 1. The molecule has 0 saturated carbocycles. The molecule has 0 amide bonds. The molecule has 1 heterocycles. The van der Waals surface area contributed by atoms with Gasteiger partial charge in [0.25, 0.3) is 0 Å². The Balaban J connectivity index is 2.56. The quantitative estimate of drug-likeness (QED) is 0.749. The van der Waals surface area contributed by atoms with E-state index in [2.05, 4.69) is 11.6 Å². The molecular weight excluding hydrogens is 158 g/mol. The van der Waals surface area contributed by atoms with Crippen LogP contribution in [0.3, 0.4) is 0 Å². The summed E-state index contributed by atoms with van der Waals surface area (Å²) in [5.74, 6) is 1.08. The van der Waals surface area contributed by atoms with E-state index in [9.17, 15) is 0 Å². The van der Waals surface area contributed by atoms with Crippen molar-refractivity contribution in [1.82, 2.24) is 5.32 Å². The van der Waals surface area contributed by atoms with Gasteiger partial charge in [-0.3, -0.25) is 0 Å². The molecule has 0 fully saturated rings. The molecule has 0 bridgehead atoms. The van der Waals surface area contributed by atoms with Crippen molar-refractivity contribution in [2.24, 2.45) is 0 Å². The SMILES string of the molecule is CNC(CSC)c1ccoc1. The smallest absolute Gasteiger partial charge is 0.0950 e. The second-order valence-corrected chi connectivity index (χ2v) is 3.26. The highest BCUT2D eigenvalue weighted by atomic mass is 32.2. The Labute approximate surface area is 71.4 Å². The van der Waals surface area contributed by atoms with Crippen LogP contribution in [0.2, 0.25) is 0 Å². The summed E-state index contributed by atoms with van der Waals surface area (Å²) < 4.78 is 4.99. The molecule has 0 aliphatic rings. The topological polar surface area (TPSA) is 25.2 Å². The molecule has 62 valence electrons. The van der Waals surface area contributed by atoms with Gasteiger partial charge in [-0.2, -0.15) is 11.8 Å². The summed E-state index contributed by atoms with van der Waals surface area (Å²) >= 11 is 1.83. The fourth-order valence-electron chi connectivity index (χ4n) is 0.986. The zero-order valence-corrected chi connectivity index (χ0v) is 7.65. The lowest BCUT2D eigenvalue weighted by molar-refractivity contribution is 0.555. The van der Waals surface area contributed by atoms with Crippen molar-refractivity contribution >= 4 is 11.8 Å². The summed E-state index contributed by atoms with van der Waals surface area (Å²) in [4.78, 5) is 0. The van der Waals surface area contributed by atoms with E-state index in [-0.39, 0.29) is 0 Å². The van der Waals surface area contributed by atoms with Crippen LogP contribution in [-0.4, -0.2) is 19.1 Å². The first-order valence-electron chi connectivity index (χ1n) is 3.56. The molecule has 1 atom stereocenters. The molecular formula is C8H13NOS. The van der Waals surface area contributed by atoms with Gasteiger partial charge in [0, 0.05) is 17.4 Å². The van der Waals surface area contributed by atoms with Crippen LogP contribution in [0.25, 0.3) is 0 Å². The first-order valence-corrected chi connectivity index (χ1v) is 4.96. The highest BCUT2D eigenvalue weighted by Gasteiger charge is 2.08. The molecule has 3 heteroatoms. The van der Waals surface area contributed by atoms with Crippen molar-refractivity contribution in [3.63, 3.8) is 0 Å². The standard InChI is InChI=1S/C8H13NOS/c1-9-8(6-11-2)7-3-4-10-5-7/h3-5,8-9H,6H2,1-2H3. The van der Waals surface area contributed by atoms with E-state index in [1.807, 2.05) is 24.9 Å². The Morgan fingerprint density at radius 3 is 3.00 bits per heavy atom. The summed E-state index contributed by atoms with van der Waals surface area (Å²) in [6, 6.07) is 2.42. The van der Waals surface area contributed by atoms with Crippen LogP contribution in [0.15, 0.2) is 23.0 Å². The average Bonchev–Trinajstić information content (AvgIpc) is 2.52. The van der Waals surface area contributed by atoms with Crippen molar-refractivity contribution in [3.8, 4) is 0 Å². The molecule has 0 aromatic carbocycles. The first kappa shape index (κ1) is 8.68.